The first-order chi connectivity index (χ1) is 13.7. The summed E-state index contributed by atoms with van der Waals surface area (Å²) in [6, 6.07) is 5.76. The van der Waals surface area contributed by atoms with Gasteiger partial charge in [-0.05, 0) is 32.4 Å². The molecule has 0 spiro atoms. The van der Waals surface area contributed by atoms with Crippen LogP contribution in [0.25, 0.3) is 0 Å². The Morgan fingerprint density at radius 1 is 1.17 bits per heavy atom. The molecule has 1 saturated heterocycles. The average Bonchev–Trinajstić information content (AvgIpc) is 2.87. The van der Waals surface area contributed by atoms with Crippen LogP contribution in [0.15, 0.2) is 24.3 Å². The van der Waals surface area contributed by atoms with Crippen molar-refractivity contribution in [3.63, 3.8) is 0 Å². The molecule has 0 unspecified atom stereocenters. The number of carbonyl (C=O) groups is 5. The van der Waals surface area contributed by atoms with Gasteiger partial charge in [-0.2, -0.15) is 0 Å². The maximum Gasteiger partial charge on any atom is 0.339 e. The highest BCUT2D eigenvalue weighted by Gasteiger charge is 2.43. The van der Waals surface area contributed by atoms with Crippen molar-refractivity contribution < 1.29 is 33.4 Å². The molecule has 1 aliphatic rings. The summed E-state index contributed by atoms with van der Waals surface area (Å²) in [5, 5.41) is 5.03. The van der Waals surface area contributed by atoms with E-state index in [1.54, 1.807) is 26.0 Å². The van der Waals surface area contributed by atoms with Crippen molar-refractivity contribution in [3.8, 4) is 0 Å². The zero-order chi connectivity index (χ0) is 21.6. The quantitative estimate of drug-likeness (QED) is 0.488. The van der Waals surface area contributed by atoms with Gasteiger partial charge in [-0.1, -0.05) is 12.1 Å². The van der Waals surface area contributed by atoms with Crippen molar-refractivity contribution in [1.82, 2.24) is 10.2 Å². The molecule has 0 bridgehead atoms. The second-order valence-corrected chi connectivity index (χ2v) is 6.86. The summed E-state index contributed by atoms with van der Waals surface area (Å²) in [7, 11) is 1.23. The van der Waals surface area contributed by atoms with Crippen LogP contribution in [-0.2, 0) is 23.9 Å². The monoisotopic (exact) mass is 405 g/mol. The predicted molar refractivity (Wildman–Crippen MR) is 101 cm³/mol. The van der Waals surface area contributed by atoms with E-state index in [0.29, 0.717) is 0 Å². The van der Waals surface area contributed by atoms with Crippen LogP contribution in [0.1, 0.15) is 37.0 Å². The molecule has 156 valence electrons. The Bertz CT molecular complexity index is 835. The zero-order valence-corrected chi connectivity index (χ0v) is 16.4. The number of carbonyl (C=O) groups excluding carboxylic acids is 5. The largest absolute Gasteiger partial charge is 0.465 e. The molecular formula is C19H23N3O7. The number of benzene rings is 1. The Morgan fingerprint density at radius 2 is 1.86 bits per heavy atom. The van der Waals surface area contributed by atoms with Crippen molar-refractivity contribution in [2.45, 2.75) is 32.2 Å². The standard InChI is InChI=1S/C19H23N3O7/c1-19(2)17(26)22(18(27)21-19)10-6-9-15(24)29-11-14(23)20-13-8-5-4-7-12(13)16(25)28-3/h4-5,7-8H,6,9-11H2,1-3H3,(H,20,23)(H,21,27). The third-order valence-corrected chi connectivity index (χ3v) is 4.18. The highest BCUT2D eigenvalue weighted by molar-refractivity contribution is 6.06. The van der Waals surface area contributed by atoms with Crippen LogP contribution in [0.2, 0.25) is 0 Å². The lowest BCUT2D eigenvalue weighted by Gasteiger charge is -2.15. The third kappa shape index (κ3) is 5.53. The molecule has 0 saturated carbocycles. The normalized spacial score (nSPS) is 14.9. The lowest BCUT2D eigenvalue weighted by molar-refractivity contribution is -0.147. The van der Waals surface area contributed by atoms with Gasteiger partial charge < -0.3 is 20.1 Å². The number of para-hydroxylation sites is 1. The van der Waals surface area contributed by atoms with Gasteiger partial charge in [-0.3, -0.25) is 19.3 Å². The van der Waals surface area contributed by atoms with E-state index in [1.807, 2.05) is 0 Å². The number of anilines is 1. The second-order valence-electron chi connectivity index (χ2n) is 6.86. The fourth-order valence-electron chi connectivity index (χ4n) is 2.69. The molecule has 0 aliphatic carbocycles. The van der Waals surface area contributed by atoms with Crippen molar-refractivity contribution in [1.29, 1.82) is 0 Å². The Balaban J connectivity index is 1.76. The minimum absolute atomic E-state index is 0.0660. The Morgan fingerprint density at radius 3 is 2.48 bits per heavy atom. The van der Waals surface area contributed by atoms with E-state index in [0.717, 1.165) is 4.90 Å². The summed E-state index contributed by atoms with van der Waals surface area (Å²) in [4.78, 5) is 60.3. The summed E-state index contributed by atoms with van der Waals surface area (Å²) in [5.41, 5.74) is -0.552. The molecular weight excluding hydrogens is 382 g/mol. The zero-order valence-electron chi connectivity index (χ0n) is 16.4. The van der Waals surface area contributed by atoms with E-state index in [9.17, 15) is 24.0 Å². The Labute approximate surface area is 167 Å². The molecule has 1 aromatic carbocycles. The summed E-state index contributed by atoms with van der Waals surface area (Å²) in [6.45, 7) is 2.73. The van der Waals surface area contributed by atoms with Crippen molar-refractivity contribution in [2.75, 3.05) is 25.6 Å². The number of nitrogens with one attached hydrogen (secondary N) is 2. The molecule has 0 aromatic heterocycles. The van der Waals surface area contributed by atoms with Gasteiger partial charge in [0.1, 0.15) is 5.54 Å². The van der Waals surface area contributed by atoms with Gasteiger partial charge in [-0.25, -0.2) is 9.59 Å². The molecule has 2 rings (SSSR count). The maximum absolute atomic E-state index is 12.0. The van der Waals surface area contributed by atoms with Gasteiger partial charge in [0.2, 0.25) is 0 Å². The second kappa shape index (κ2) is 9.18. The molecule has 0 radical (unpaired) electrons. The lowest BCUT2D eigenvalue weighted by atomic mass is 10.1. The smallest absolute Gasteiger partial charge is 0.339 e. The van der Waals surface area contributed by atoms with E-state index in [4.69, 9.17) is 4.74 Å². The van der Waals surface area contributed by atoms with Crippen LogP contribution in [0.4, 0.5) is 10.5 Å². The number of urea groups is 1. The number of imide groups is 1. The number of ether oxygens (including phenoxy) is 2. The van der Waals surface area contributed by atoms with Gasteiger partial charge in [0.15, 0.2) is 6.61 Å². The van der Waals surface area contributed by atoms with E-state index in [2.05, 4.69) is 15.4 Å². The highest BCUT2D eigenvalue weighted by Crippen LogP contribution is 2.17. The first-order valence-corrected chi connectivity index (χ1v) is 8.92. The van der Waals surface area contributed by atoms with E-state index in [-0.39, 0.29) is 36.5 Å². The Hall–Kier alpha value is -3.43. The molecule has 10 heteroatoms. The lowest BCUT2D eigenvalue weighted by Crippen LogP contribution is -2.40. The minimum Gasteiger partial charge on any atom is -0.465 e. The number of amides is 4. The summed E-state index contributed by atoms with van der Waals surface area (Å²) >= 11 is 0. The summed E-state index contributed by atoms with van der Waals surface area (Å²) in [6.07, 6.45) is 0.143. The third-order valence-electron chi connectivity index (χ3n) is 4.18. The van der Waals surface area contributed by atoms with Crippen molar-refractivity contribution in [3.05, 3.63) is 29.8 Å². The van der Waals surface area contributed by atoms with E-state index in [1.165, 1.54) is 19.2 Å². The van der Waals surface area contributed by atoms with Gasteiger partial charge in [-0.15, -0.1) is 0 Å². The average molecular weight is 405 g/mol. The van der Waals surface area contributed by atoms with Crippen LogP contribution in [0.5, 0.6) is 0 Å². The van der Waals surface area contributed by atoms with Crippen LogP contribution >= 0.6 is 0 Å². The van der Waals surface area contributed by atoms with Gasteiger partial charge in [0, 0.05) is 13.0 Å². The molecule has 1 heterocycles. The number of esters is 2. The molecule has 2 N–H and O–H groups in total. The molecule has 4 amide bonds. The van der Waals surface area contributed by atoms with E-state index < -0.39 is 36.0 Å². The highest BCUT2D eigenvalue weighted by atomic mass is 16.5. The molecule has 10 nitrogen and oxygen atoms in total. The first kappa shape index (κ1) is 21.9. The molecule has 1 aromatic rings. The van der Waals surface area contributed by atoms with Crippen molar-refractivity contribution >= 4 is 35.5 Å². The minimum atomic E-state index is -0.962. The van der Waals surface area contributed by atoms with Crippen LogP contribution in [0, 0.1) is 0 Å². The molecule has 29 heavy (non-hydrogen) atoms. The first-order valence-electron chi connectivity index (χ1n) is 8.92. The SMILES string of the molecule is COC(=O)c1ccccc1NC(=O)COC(=O)CCCN1C(=O)NC(C)(C)C1=O. The summed E-state index contributed by atoms with van der Waals surface area (Å²) in [5.74, 6) is -2.24. The Kier molecular flexibility index (Phi) is 6.92. The van der Waals surface area contributed by atoms with Crippen molar-refractivity contribution in [2.24, 2.45) is 0 Å². The molecule has 1 fully saturated rings. The van der Waals surface area contributed by atoms with Gasteiger partial charge in [0.25, 0.3) is 11.8 Å². The number of hydrogen-bond donors (Lipinski definition) is 2. The predicted octanol–water partition coefficient (Wildman–Crippen LogP) is 1.07. The fourth-order valence-corrected chi connectivity index (χ4v) is 2.69. The topological polar surface area (TPSA) is 131 Å². The van der Waals surface area contributed by atoms with Crippen LogP contribution in [0.3, 0.4) is 0 Å². The van der Waals surface area contributed by atoms with Crippen LogP contribution < -0.4 is 10.6 Å². The van der Waals surface area contributed by atoms with E-state index >= 15 is 0 Å². The molecule has 0 atom stereocenters. The number of hydrogen-bond acceptors (Lipinski definition) is 7. The number of nitrogens with zero attached hydrogens (tertiary/aromatic N) is 1. The van der Waals surface area contributed by atoms with Gasteiger partial charge >= 0.3 is 18.0 Å². The van der Waals surface area contributed by atoms with Crippen LogP contribution in [-0.4, -0.2) is 60.5 Å². The number of methoxy groups -OCH3 is 1. The number of rotatable bonds is 8. The maximum atomic E-state index is 12.0. The molecule has 1 aliphatic heterocycles. The fraction of sp³-hybridized carbons (Fsp3) is 0.421. The van der Waals surface area contributed by atoms with Gasteiger partial charge in [0.05, 0.1) is 18.4 Å². The summed E-state index contributed by atoms with van der Waals surface area (Å²) < 4.78 is 9.53.